The van der Waals surface area contributed by atoms with Gasteiger partial charge >= 0.3 is 5.97 Å². The highest BCUT2D eigenvalue weighted by Gasteiger charge is 2.48. The Hall–Kier alpha value is -4.18. The van der Waals surface area contributed by atoms with Gasteiger partial charge in [-0.15, -0.1) is 0 Å². The van der Waals surface area contributed by atoms with Gasteiger partial charge in [0, 0.05) is 24.2 Å². The number of carbonyl (C=O) groups is 2. The Morgan fingerprint density at radius 3 is 2.32 bits per heavy atom. The minimum atomic E-state index is -1.07. The number of amides is 1. The minimum Gasteiger partial charge on any atom is -0.493 e. The number of hydrogen-bond donors (Lipinski definition) is 2. The highest BCUT2D eigenvalue weighted by atomic mass is 19.1. The molecule has 44 heavy (non-hydrogen) atoms. The fraction of sp³-hybridized carbons (Fsp3) is 0.412. The topological polar surface area (TPSA) is 97.3 Å². The molecule has 0 unspecified atom stereocenters. The number of anilines is 1. The van der Waals surface area contributed by atoms with Crippen molar-refractivity contribution in [1.29, 1.82) is 0 Å². The van der Waals surface area contributed by atoms with Gasteiger partial charge in [0.1, 0.15) is 11.6 Å². The number of nitrogens with zero attached hydrogens (tertiary/aromatic N) is 1. The molecular formula is C34H38F2N2O6. The number of halogens is 2. The molecule has 2 aliphatic rings. The van der Waals surface area contributed by atoms with Crippen molar-refractivity contribution in [2.75, 3.05) is 31.8 Å². The van der Waals surface area contributed by atoms with E-state index >= 15 is 0 Å². The normalized spacial score (nSPS) is 19.4. The first-order chi connectivity index (χ1) is 21.1. The number of likely N-dealkylation sites (tertiary alicyclic amines) is 1. The lowest BCUT2D eigenvalue weighted by Crippen LogP contribution is -2.35. The van der Waals surface area contributed by atoms with Gasteiger partial charge in [0.2, 0.25) is 18.4 Å². The number of carboxylic acids is 1. The molecule has 0 aliphatic carbocycles. The van der Waals surface area contributed by atoms with Crippen LogP contribution in [0.5, 0.6) is 17.2 Å². The van der Waals surface area contributed by atoms with Crippen molar-refractivity contribution in [2.45, 2.75) is 52.5 Å². The third-order valence-electron chi connectivity index (χ3n) is 8.21. The van der Waals surface area contributed by atoms with E-state index in [1.165, 1.54) is 18.2 Å². The molecule has 0 saturated carbocycles. The maximum absolute atomic E-state index is 15.0. The molecule has 8 nitrogen and oxygen atoms in total. The molecule has 0 bridgehead atoms. The third kappa shape index (κ3) is 6.50. The summed E-state index contributed by atoms with van der Waals surface area (Å²) in [7, 11) is 0. The maximum atomic E-state index is 15.0. The van der Waals surface area contributed by atoms with Crippen LogP contribution in [-0.2, 0) is 22.4 Å². The Labute approximate surface area is 255 Å². The van der Waals surface area contributed by atoms with Crippen molar-refractivity contribution in [3.05, 3.63) is 82.4 Å². The van der Waals surface area contributed by atoms with Crippen LogP contribution < -0.4 is 19.5 Å². The van der Waals surface area contributed by atoms with Crippen LogP contribution in [0.2, 0.25) is 0 Å². The van der Waals surface area contributed by atoms with Gasteiger partial charge in [-0.25, -0.2) is 8.78 Å². The molecule has 0 spiro atoms. The molecule has 2 heterocycles. The number of aryl methyl sites for hydroxylation is 2. The fourth-order valence-corrected chi connectivity index (χ4v) is 6.16. The zero-order valence-corrected chi connectivity index (χ0v) is 25.4. The Bertz CT molecular complexity index is 1500. The van der Waals surface area contributed by atoms with Gasteiger partial charge in [-0.05, 0) is 77.4 Å². The molecule has 0 aromatic heterocycles. The summed E-state index contributed by atoms with van der Waals surface area (Å²) >= 11 is 0. The predicted octanol–water partition coefficient (Wildman–Crippen LogP) is 6.33. The number of carbonyl (C=O) groups excluding carboxylic acids is 1. The molecule has 2 aliphatic heterocycles. The van der Waals surface area contributed by atoms with Gasteiger partial charge in [0.25, 0.3) is 0 Å². The fourth-order valence-electron chi connectivity index (χ4n) is 6.16. The third-order valence-corrected chi connectivity index (χ3v) is 8.21. The van der Waals surface area contributed by atoms with E-state index < -0.39 is 29.7 Å². The Morgan fingerprint density at radius 1 is 1.02 bits per heavy atom. The first-order valence-electron chi connectivity index (χ1n) is 15.0. The average molecular weight is 609 g/mol. The standard InChI is InChI=1S/C34H38F2N2O6/c1-5-20-11-24(35)12-21(6-2)31(20)37-29(39)16-38-15-26(23-13-27(36)33-28(14-23)43-18-44-33)30(34(40)41)32(38)22-7-9-25(10-8-22)42-17-19(3)4/h7-14,19,26,30,32H,5-6,15-18H2,1-4H3,(H,37,39)(H,40,41)/t26-,30-,32+/m1/s1. The summed E-state index contributed by atoms with van der Waals surface area (Å²) in [5.74, 6) is -2.87. The van der Waals surface area contributed by atoms with Crippen molar-refractivity contribution >= 4 is 17.6 Å². The van der Waals surface area contributed by atoms with Crippen molar-refractivity contribution in [3.8, 4) is 17.2 Å². The van der Waals surface area contributed by atoms with Crippen molar-refractivity contribution in [2.24, 2.45) is 11.8 Å². The smallest absolute Gasteiger partial charge is 0.309 e. The van der Waals surface area contributed by atoms with Crippen LogP contribution in [0.25, 0.3) is 0 Å². The quantitative estimate of drug-likeness (QED) is 0.263. The number of hydrogen-bond acceptors (Lipinski definition) is 6. The lowest BCUT2D eigenvalue weighted by Gasteiger charge is -2.27. The monoisotopic (exact) mass is 608 g/mol. The summed E-state index contributed by atoms with van der Waals surface area (Å²) in [6.07, 6.45) is 1.05. The van der Waals surface area contributed by atoms with Gasteiger partial charge in [-0.1, -0.05) is 39.8 Å². The number of fused-ring (bicyclic) bond motifs is 1. The maximum Gasteiger partial charge on any atom is 0.309 e. The molecule has 3 atom stereocenters. The van der Waals surface area contributed by atoms with E-state index in [4.69, 9.17) is 14.2 Å². The number of carboxylic acid groups (broad SMARTS) is 1. The lowest BCUT2D eigenvalue weighted by atomic mass is 9.82. The van der Waals surface area contributed by atoms with E-state index in [2.05, 4.69) is 5.32 Å². The summed E-state index contributed by atoms with van der Waals surface area (Å²) in [5, 5.41) is 13.5. The molecule has 10 heteroatoms. The van der Waals surface area contributed by atoms with E-state index in [0.29, 0.717) is 59.1 Å². The van der Waals surface area contributed by atoms with E-state index in [9.17, 15) is 23.5 Å². The van der Waals surface area contributed by atoms with Gasteiger partial charge < -0.3 is 24.6 Å². The van der Waals surface area contributed by atoms with E-state index in [1.807, 2.05) is 44.7 Å². The number of aliphatic carboxylic acids is 1. The summed E-state index contributed by atoms with van der Waals surface area (Å²) in [5.41, 5.74) is 3.08. The van der Waals surface area contributed by atoms with E-state index in [1.54, 1.807) is 18.2 Å². The Morgan fingerprint density at radius 2 is 1.70 bits per heavy atom. The molecule has 3 aromatic carbocycles. The molecule has 1 fully saturated rings. The van der Waals surface area contributed by atoms with E-state index in [-0.39, 0.29) is 43.1 Å². The first-order valence-corrected chi connectivity index (χ1v) is 15.0. The van der Waals surface area contributed by atoms with Gasteiger partial charge in [0.15, 0.2) is 11.6 Å². The van der Waals surface area contributed by atoms with Crippen molar-refractivity contribution in [1.82, 2.24) is 4.90 Å². The van der Waals surface area contributed by atoms with Gasteiger partial charge in [-0.3, -0.25) is 14.5 Å². The highest BCUT2D eigenvalue weighted by molar-refractivity contribution is 5.94. The van der Waals surface area contributed by atoms with Crippen LogP contribution in [0.1, 0.15) is 61.9 Å². The van der Waals surface area contributed by atoms with E-state index in [0.717, 1.165) is 0 Å². The summed E-state index contributed by atoms with van der Waals surface area (Å²) in [6, 6.07) is 12.3. The number of rotatable bonds is 11. The zero-order chi connectivity index (χ0) is 31.5. The second-order valence-electron chi connectivity index (χ2n) is 11.7. The van der Waals surface area contributed by atoms with Crippen LogP contribution in [0, 0.1) is 23.5 Å². The van der Waals surface area contributed by atoms with Crippen LogP contribution in [0.15, 0.2) is 48.5 Å². The SMILES string of the molecule is CCc1cc(F)cc(CC)c1NC(=O)CN1C[C@H](c2cc(F)c3c(c2)OCO3)[C@@H](C(=O)O)[C@@H]1c1ccc(OCC(C)C)cc1. The molecule has 234 valence electrons. The molecular weight excluding hydrogens is 570 g/mol. The van der Waals surface area contributed by atoms with Crippen molar-refractivity contribution < 1.29 is 37.7 Å². The Balaban J connectivity index is 1.49. The predicted molar refractivity (Wildman–Crippen MR) is 161 cm³/mol. The van der Waals surface area contributed by atoms with Crippen LogP contribution in [0.4, 0.5) is 14.5 Å². The second-order valence-corrected chi connectivity index (χ2v) is 11.7. The summed E-state index contributed by atoms with van der Waals surface area (Å²) in [4.78, 5) is 28.3. The van der Waals surface area contributed by atoms with Crippen molar-refractivity contribution in [3.63, 3.8) is 0 Å². The zero-order valence-electron chi connectivity index (χ0n) is 25.4. The highest BCUT2D eigenvalue weighted by Crippen LogP contribution is 2.48. The van der Waals surface area contributed by atoms with Crippen LogP contribution in [0.3, 0.4) is 0 Å². The number of benzene rings is 3. The first kappa shape index (κ1) is 31.3. The average Bonchev–Trinajstić information content (AvgIpc) is 3.62. The summed E-state index contributed by atoms with van der Waals surface area (Å²) in [6.45, 7) is 8.33. The molecule has 1 amide bonds. The number of nitrogens with one attached hydrogen (secondary N) is 1. The van der Waals surface area contributed by atoms with Gasteiger partial charge in [0.05, 0.1) is 19.1 Å². The minimum absolute atomic E-state index is 0.00106. The summed E-state index contributed by atoms with van der Waals surface area (Å²) < 4.78 is 45.7. The molecule has 5 rings (SSSR count). The molecule has 3 aromatic rings. The Kier molecular flexibility index (Phi) is 9.39. The van der Waals surface area contributed by atoms with Crippen LogP contribution in [-0.4, -0.2) is 48.4 Å². The molecule has 2 N–H and O–H groups in total. The number of ether oxygens (including phenoxy) is 3. The molecule has 1 saturated heterocycles. The largest absolute Gasteiger partial charge is 0.493 e. The lowest BCUT2D eigenvalue weighted by molar-refractivity contribution is -0.143. The second kappa shape index (κ2) is 13.2. The van der Waals surface area contributed by atoms with Crippen LogP contribution >= 0.6 is 0 Å². The van der Waals surface area contributed by atoms with Gasteiger partial charge in [-0.2, -0.15) is 0 Å². The molecule has 0 radical (unpaired) electrons.